The van der Waals surface area contributed by atoms with Gasteiger partial charge in [0, 0.05) is 12.3 Å². The lowest BCUT2D eigenvalue weighted by Gasteiger charge is -2.36. The zero-order valence-electron chi connectivity index (χ0n) is 11.8. The van der Waals surface area contributed by atoms with E-state index in [0.29, 0.717) is 19.0 Å². The topological polar surface area (TPSA) is 62.7 Å². The summed E-state index contributed by atoms with van der Waals surface area (Å²) in [5.74, 6) is -0.141. The van der Waals surface area contributed by atoms with Crippen LogP contribution in [0.2, 0.25) is 0 Å². The van der Waals surface area contributed by atoms with Gasteiger partial charge in [-0.25, -0.2) is 14.2 Å². The van der Waals surface area contributed by atoms with Gasteiger partial charge in [-0.1, -0.05) is 0 Å². The standard InChI is InChI=1S/C14H14F4N2O3/c15-5-10-7-3-9(20(10)13(21)22)11(4-7)23-12-2-1-8(6-19-12)14(16,17)18/h1-2,6-7,9-11H,3-5H2,(H,21,22). The Morgan fingerprint density at radius 1 is 1.39 bits per heavy atom. The van der Waals surface area contributed by atoms with E-state index in [2.05, 4.69) is 4.98 Å². The van der Waals surface area contributed by atoms with Crippen LogP contribution in [0.25, 0.3) is 0 Å². The highest BCUT2D eigenvalue weighted by Crippen LogP contribution is 2.44. The van der Waals surface area contributed by atoms with Crippen LogP contribution in [0.15, 0.2) is 18.3 Å². The molecule has 126 valence electrons. The number of ether oxygens (including phenoxy) is 1. The number of hydrogen-bond acceptors (Lipinski definition) is 3. The summed E-state index contributed by atoms with van der Waals surface area (Å²) in [6.07, 6.45) is -4.59. The van der Waals surface area contributed by atoms with E-state index in [4.69, 9.17) is 4.74 Å². The minimum Gasteiger partial charge on any atom is -0.472 e. The van der Waals surface area contributed by atoms with Gasteiger partial charge in [-0.05, 0) is 24.8 Å². The molecule has 23 heavy (non-hydrogen) atoms. The van der Waals surface area contributed by atoms with Crippen molar-refractivity contribution in [2.75, 3.05) is 6.67 Å². The summed E-state index contributed by atoms with van der Waals surface area (Å²) in [5, 5.41) is 9.21. The smallest absolute Gasteiger partial charge is 0.417 e. The number of carbonyl (C=O) groups is 1. The average Bonchev–Trinajstić information content (AvgIpc) is 3.03. The molecule has 1 saturated carbocycles. The quantitative estimate of drug-likeness (QED) is 0.864. The first kappa shape index (κ1) is 15.8. The van der Waals surface area contributed by atoms with Gasteiger partial charge >= 0.3 is 12.3 Å². The third-order valence-electron chi connectivity index (χ3n) is 4.48. The van der Waals surface area contributed by atoms with Crippen molar-refractivity contribution in [2.24, 2.45) is 5.92 Å². The van der Waals surface area contributed by atoms with E-state index in [1.807, 2.05) is 0 Å². The van der Waals surface area contributed by atoms with Gasteiger partial charge in [0.05, 0.1) is 17.6 Å². The Morgan fingerprint density at radius 2 is 2.13 bits per heavy atom. The molecule has 1 saturated heterocycles. The SMILES string of the molecule is O=C(O)N1C(CF)C2CC(Oc3ccc(C(F)(F)F)cn3)C1C2. The minimum absolute atomic E-state index is 0.00214. The maximum atomic E-state index is 13.0. The molecule has 1 N–H and O–H groups in total. The molecule has 1 aromatic rings. The van der Waals surface area contributed by atoms with Crippen molar-refractivity contribution in [1.82, 2.24) is 9.88 Å². The number of rotatable bonds is 3. The number of aromatic nitrogens is 1. The van der Waals surface area contributed by atoms with Gasteiger partial charge in [0.15, 0.2) is 0 Å². The van der Waals surface area contributed by atoms with Crippen LogP contribution in [-0.4, -0.2) is 45.9 Å². The highest BCUT2D eigenvalue weighted by Gasteiger charge is 2.54. The van der Waals surface area contributed by atoms with E-state index in [1.165, 1.54) is 0 Å². The number of nitrogens with zero attached hydrogens (tertiary/aromatic N) is 2. The molecule has 1 amide bonds. The second-order valence-corrected chi connectivity index (χ2v) is 5.75. The molecule has 2 bridgehead atoms. The van der Waals surface area contributed by atoms with Crippen molar-refractivity contribution >= 4 is 6.09 Å². The fourth-order valence-electron chi connectivity index (χ4n) is 3.48. The van der Waals surface area contributed by atoms with Gasteiger partial charge in [0.25, 0.3) is 0 Å². The van der Waals surface area contributed by atoms with Crippen LogP contribution >= 0.6 is 0 Å². The molecule has 2 heterocycles. The second-order valence-electron chi connectivity index (χ2n) is 5.75. The molecule has 0 spiro atoms. The monoisotopic (exact) mass is 334 g/mol. The molecule has 2 aliphatic rings. The number of pyridine rings is 1. The predicted octanol–water partition coefficient (Wildman–Crippen LogP) is 2.96. The van der Waals surface area contributed by atoms with Gasteiger partial charge < -0.3 is 9.84 Å². The number of alkyl halides is 4. The second kappa shape index (κ2) is 5.54. The Bertz CT molecular complexity index is 593. The maximum absolute atomic E-state index is 13.0. The molecule has 4 unspecified atom stereocenters. The maximum Gasteiger partial charge on any atom is 0.417 e. The third-order valence-corrected chi connectivity index (χ3v) is 4.48. The molecule has 2 fully saturated rings. The number of carboxylic acid groups (broad SMARTS) is 1. The van der Waals surface area contributed by atoms with Crippen molar-refractivity contribution in [3.63, 3.8) is 0 Å². The van der Waals surface area contributed by atoms with Crippen LogP contribution in [0.5, 0.6) is 5.88 Å². The molecule has 3 rings (SSSR count). The summed E-state index contributed by atoms with van der Waals surface area (Å²) in [4.78, 5) is 16.0. The highest BCUT2D eigenvalue weighted by molar-refractivity contribution is 5.67. The molecule has 1 aliphatic heterocycles. The van der Waals surface area contributed by atoms with E-state index in [1.54, 1.807) is 0 Å². The number of halogens is 4. The molecule has 1 aromatic heterocycles. The molecular weight excluding hydrogens is 320 g/mol. The summed E-state index contributed by atoms with van der Waals surface area (Å²) in [5.41, 5.74) is -0.887. The summed E-state index contributed by atoms with van der Waals surface area (Å²) in [6, 6.07) is 0.793. The molecule has 9 heteroatoms. The molecule has 5 nitrogen and oxygen atoms in total. The normalized spacial score (nSPS) is 29.8. The first-order chi connectivity index (χ1) is 10.8. The zero-order chi connectivity index (χ0) is 16.8. The Kier molecular flexibility index (Phi) is 3.81. The number of amides is 1. The predicted molar refractivity (Wildman–Crippen MR) is 69.8 cm³/mol. The van der Waals surface area contributed by atoms with E-state index in [-0.39, 0.29) is 11.8 Å². The molecular formula is C14H14F4N2O3. The fourth-order valence-corrected chi connectivity index (χ4v) is 3.48. The minimum atomic E-state index is -4.48. The lowest BCUT2D eigenvalue weighted by molar-refractivity contribution is -0.137. The number of fused-ring (bicyclic) bond motifs is 2. The Labute approximate surface area is 128 Å². The first-order valence-corrected chi connectivity index (χ1v) is 7.08. The van der Waals surface area contributed by atoms with Crippen molar-refractivity contribution in [3.8, 4) is 5.88 Å². The third kappa shape index (κ3) is 2.79. The van der Waals surface area contributed by atoms with Gasteiger partial charge in [-0.3, -0.25) is 4.90 Å². The van der Waals surface area contributed by atoms with Crippen LogP contribution < -0.4 is 4.74 Å². The molecule has 4 atom stereocenters. The largest absolute Gasteiger partial charge is 0.472 e. The summed E-state index contributed by atoms with van der Waals surface area (Å²) < 4.78 is 56.0. The van der Waals surface area contributed by atoms with Crippen molar-refractivity contribution in [2.45, 2.75) is 37.2 Å². The lowest BCUT2D eigenvalue weighted by Crippen LogP contribution is -2.52. The van der Waals surface area contributed by atoms with Crippen molar-refractivity contribution in [1.29, 1.82) is 0 Å². The van der Waals surface area contributed by atoms with Crippen LogP contribution in [0.1, 0.15) is 18.4 Å². The summed E-state index contributed by atoms with van der Waals surface area (Å²) >= 11 is 0. The van der Waals surface area contributed by atoms with Gasteiger partial charge in [0.2, 0.25) is 5.88 Å². The van der Waals surface area contributed by atoms with Crippen LogP contribution in [0, 0.1) is 5.92 Å². The highest BCUT2D eigenvalue weighted by atomic mass is 19.4. The van der Waals surface area contributed by atoms with E-state index >= 15 is 0 Å². The summed E-state index contributed by atoms with van der Waals surface area (Å²) in [6.45, 7) is -0.751. The zero-order valence-corrected chi connectivity index (χ0v) is 11.8. The number of piperidine rings is 1. The van der Waals surface area contributed by atoms with E-state index < -0.39 is 42.7 Å². The average molecular weight is 334 g/mol. The first-order valence-electron chi connectivity index (χ1n) is 7.08. The Morgan fingerprint density at radius 3 is 2.65 bits per heavy atom. The number of likely N-dealkylation sites (tertiary alicyclic amines) is 1. The summed E-state index contributed by atoms with van der Waals surface area (Å²) in [7, 11) is 0. The molecule has 0 aromatic carbocycles. The van der Waals surface area contributed by atoms with Crippen molar-refractivity contribution in [3.05, 3.63) is 23.9 Å². The van der Waals surface area contributed by atoms with Gasteiger partial charge in [-0.2, -0.15) is 13.2 Å². The van der Waals surface area contributed by atoms with E-state index in [0.717, 1.165) is 17.0 Å². The van der Waals surface area contributed by atoms with Crippen LogP contribution in [0.3, 0.4) is 0 Å². The van der Waals surface area contributed by atoms with Crippen LogP contribution in [0.4, 0.5) is 22.4 Å². The van der Waals surface area contributed by atoms with Gasteiger partial charge in [-0.15, -0.1) is 0 Å². The van der Waals surface area contributed by atoms with Crippen LogP contribution in [-0.2, 0) is 6.18 Å². The fraction of sp³-hybridized carbons (Fsp3) is 0.571. The Balaban J connectivity index is 1.71. The Hall–Kier alpha value is -2.06. The van der Waals surface area contributed by atoms with Gasteiger partial charge in [0.1, 0.15) is 12.8 Å². The van der Waals surface area contributed by atoms with Crippen molar-refractivity contribution < 1.29 is 32.2 Å². The van der Waals surface area contributed by atoms with E-state index in [9.17, 15) is 27.5 Å². The molecule has 1 aliphatic carbocycles. The lowest BCUT2D eigenvalue weighted by atomic mass is 9.99. The molecule has 0 radical (unpaired) electrons. The number of hydrogen-bond donors (Lipinski definition) is 1.